The van der Waals surface area contributed by atoms with Crippen LogP contribution in [0.2, 0.25) is 0 Å². The van der Waals surface area contributed by atoms with Crippen LogP contribution in [0.5, 0.6) is 0 Å². The highest BCUT2D eigenvalue weighted by atomic mass is 32.2. The van der Waals surface area contributed by atoms with Crippen LogP contribution in [-0.4, -0.2) is 74.6 Å². The molecule has 1 N–H and O–H groups in total. The van der Waals surface area contributed by atoms with E-state index in [1.807, 2.05) is 0 Å². The van der Waals surface area contributed by atoms with Crippen LogP contribution in [-0.2, 0) is 19.6 Å². The van der Waals surface area contributed by atoms with E-state index in [1.165, 1.54) is 12.0 Å². The fraction of sp³-hybridized carbons (Fsp3) is 0.667. The number of methoxy groups -OCH3 is 1. The summed E-state index contributed by atoms with van der Waals surface area (Å²) >= 11 is 0. The number of amides is 1. The minimum absolute atomic E-state index is 0.0997. The third kappa shape index (κ3) is 4.02. The molecule has 0 aliphatic carbocycles. The van der Waals surface area contributed by atoms with E-state index in [0.717, 1.165) is 4.31 Å². The molecule has 8 nitrogen and oxygen atoms in total. The molecule has 0 fully saturated rings. The van der Waals surface area contributed by atoms with Crippen LogP contribution in [0, 0.1) is 13.8 Å². The molecule has 0 saturated carbocycles. The second-order valence-electron chi connectivity index (χ2n) is 4.88. The fourth-order valence-corrected chi connectivity index (χ4v) is 3.52. The van der Waals surface area contributed by atoms with Gasteiger partial charge in [0, 0.05) is 27.7 Å². The van der Waals surface area contributed by atoms with Crippen LogP contribution in [0.15, 0.2) is 4.90 Å². The number of aromatic amines is 1. The first-order valence-electron chi connectivity index (χ1n) is 6.42. The Hall–Kier alpha value is -1.45. The average Bonchev–Trinajstić information content (AvgIpc) is 2.73. The average molecular weight is 318 g/mol. The highest BCUT2D eigenvalue weighted by molar-refractivity contribution is 7.89. The molecule has 0 aliphatic rings. The number of sulfonamides is 1. The number of nitrogens with zero attached hydrogens (tertiary/aromatic N) is 3. The molecular formula is C12H22N4O4S. The van der Waals surface area contributed by atoms with E-state index in [-0.39, 0.29) is 30.5 Å². The van der Waals surface area contributed by atoms with E-state index >= 15 is 0 Å². The molecule has 0 aliphatic heterocycles. The van der Waals surface area contributed by atoms with Crippen LogP contribution in [0.4, 0.5) is 0 Å². The highest BCUT2D eigenvalue weighted by Crippen LogP contribution is 2.21. The third-order valence-corrected chi connectivity index (χ3v) is 5.12. The van der Waals surface area contributed by atoms with Crippen molar-refractivity contribution in [3.63, 3.8) is 0 Å². The number of hydrogen-bond donors (Lipinski definition) is 1. The maximum atomic E-state index is 12.7. The number of likely N-dealkylation sites (N-methyl/N-ethyl adjacent to an activating group) is 1. The van der Waals surface area contributed by atoms with Crippen LogP contribution in [0.25, 0.3) is 0 Å². The van der Waals surface area contributed by atoms with Gasteiger partial charge in [-0.15, -0.1) is 0 Å². The van der Waals surface area contributed by atoms with E-state index in [1.54, 1.807) is 27.9 Å². The van der Waals surface area contributed by atoms with Crippen molar-refractivity contribution in [3.05, 3.63) is 11.4 Å². The number of carbonyl (C=O) groups is 1. The van der Waals surface area contributed by atoms with Crippen molar-refractivity contribution < 1.29 is 17.9 Å². The van der Waals surface area contributed by atoms with E-state index < -0.39 is 10.0 Å². The quantitative estimate of drug-likeness (QED) is 0.748. The third-order valence-electron chi connectivity index (χ3n) is 3.01. The molecule has 0 spiro atoms. The number of hydrogen-bond acceptors (Lipinski definition) is 5. The van der Waals surface area contributed by atoms with Crippen molar-refractivity contribution in [2.24, 2.45) is 0 Å². The fourth-order valence-electron chi connectivity index (χ4n) is 1.82. The Labute approximate surface area is 125 Å². The molecule has 0 aromatic carbocycles. The van der Waals surface area contributed by atoms with Gasteiger partial charge in [-0.1, -0.05) is 0 Å². The van der Waals surface area contributed by atoms with Crippen LogP contribution < -0.4 is 0 Å². The highest BCUT2D eigenvalue weighted by Gasteiger charge is 2.31. The molecule has 1 aromatic heterocycles. The molecule has 0 atom stereocenters. The van der Waals surface area contributed by atoms with E-state index in [2.05, 4.69) is 10.2 Å². The summed E-state index contributed by atoms with van der Waals surface area (Å²) in [4.78, 5) is 13.3. The molecule has 1 aromatic rings. The second kappa shape index (κ2) is 7.01. The van der Waals surface area contributed by atoms with Crippen molar-refractivity contribution in [2.75, 3.05) is 40.9 Å². The summed E-state index contributed by atoms with van der Waals surface area (Å²) < 4.78 is 31.5. The molecule has 0 radical (unpaired) electrons. The standard InChI is InChI=1S/C12H22N4O4S/c1-9-12(10(2)14-13-9)21(18,19)16(6-7-20-5)8-11(17)15(3)4/h6-8H2,1-5H3,(H,13,14). The van der Waals surface area contributed by atoms with Gasteiger partial charge in [-0.3, -0.25) is 9.89 Å². The van der Waals surface area contributed by atoms with Gasteiger partial charge in [0.1, 0.15) is 4.90 Å². The summed E-state index contributed by atoms with van der Waals surface area (Å²) in [6.07, 6.45) is 0. The second-order valence-corrected chi connectivity index (χ2v) is 6.76. The van der Waals surface area contributed by atoms with Gasteiger partial charge in [0.05, 0.1) is 24.5 Å². The van der Waals surface area contributed by atoms with Crippen molar-refractivity contribution in [3.8, 4) is 0 Å². The lowest BCUT2D eigenvalue weighted by Crippen LogP contribution is -2.42. The molecule has 0 bridgehead atoms. The number of aromatic nitrogens is 2. The first kappa shape index (κ1) is 17.6. The van der Waals surface area contributed by atoms with E-state index in [4.69, 9.17) is 4.74 Å². The maximum Gasteiger partial charge on any atom is 0.247 e. The lowest BCUT2D eigenvalue weighted by atomic mass is 10.4. The van der Waals surface area contributed by atoms with Gasteiger partial charge >= 0.3 is 0 Å². The topological polar surface area (TPSA) is 95.6 Å². The Kier molecular flexibility index (Phi) is 5.87. The normalized spacial score (nSPS) is 11.9. The Morgan fingerprint density at radius 3 is 2.38 bits per heavy atom. The molecular weight excluding hydrogens is 296 g/mol. The largest absolute Gasteiger partial charge is 0.383 e. The summed E-state index contributed by atoms with van der Waals surface area (Å²) in [5.41, 5.74) is 0.833. The minimum atomic E-state index is -3.81. The van der Waals surface area contributed by atoms with Crippen LogP contribution in [0.1, 0.15) is 11.4 Å². The molecule has 1 amide bonds. The molecule has 0 saturated heterocycles. The summed E-state index contributed by atoms with van der Waals surface area (Å²) in [5, 5.41) is 6.55. The van der Waals surface area contributed by atoms with Crippen LogP contribution >= 0.6 is 0 Å². The monoisotopic (exact) mass is 318 g/mol. The number of rotatable bonds is 7. The molecule has 1 rings (SSSR count). The van der Waals surface area contributed by atoms with Gasteiger partial charge < -0.3 is 9.64 Å². The van der Waals surface area contributed by atoms with Crippen molar-refractivity contribution in [2.45, 2.75) is 18.7 Å². The SMILES string of the molecule is COCCN(CC(=O)N(C)C)S(=O)(=O)c1c(C)n[nH]c1C. The number of carbonyl (C=O) groups excluding carboxylic acids is 1. The Morgan fingerprint density at radius 1 is 1.33 bits per heavy atom. The summed E-state index contributed by atoms with van der Waals surface area (Å²) in [6.45, 7) is 3.31. The van der Waals surface area contributed by atoms with Crippen molar-refractivity contribution >= 4 is 15.9 Å². The Bertz CT molecular complexity index is 575. The number of ether oxygens (including phenoxy) is 1. The lowest BCUT2D eigenvalue weighted by Gasteiger charge is -2.23. The van der Waals surface area contributed by atoms with Crippen LogP contribution in [0.3, 0.4) is 0 Å². The van der Waals surface area contributed by atoms with Crippen molar-refractivity contribution in [1.82, 2.24) is 19.4 Å². The zero-order chi connectivity index (χ0) is 16.2. The number of aryl methyl sites for hydroxylation is 2. The van der Waals surface area contributed by atoms with Gasteiger partial charge in [0.15, 0.2) is 0 Å². The van der Waals surface area contributed by atoms with Crippen molar-refractivity contribution in [1.29, 1.82) is 0 Å². The first-order chi connectivity index (χ1) is 9.71. The van der Waals surface area contributed by atoms with Gasteiger partial charge in [0.25, 0.3) is 0 Å². The Balaban J connectivity index is 3.15. The summed E-state index contributed by atoms with van der Waals surface area (Å²) in [6, 6.07) is 0. The lowest BCUT2D eigenvalue weighted by molar-refractivity contribution is -0.128. The summed E-state index contributed by atoms with van der Waals surface area (Å²) in [5.74, 6) is -0.298. The molecule has 0 unspecified atom stereocenters. The Morgan fingerprint density at radius 2 is 1.95 bits per heavy atom. The molecule has 120 valence electrons. The molecule has 9 heteroatoms. The van der Waals surface area contributed by atoms with E-state index in [9.17, 15) is 13.2 Å². The van der Waals surface area contributed by atoms with Gasteiger partial charge in [-0.2, -0.15) is 9.40 Å². The number of nitrogens with one attached hydrogen (secondary N) is 1. The van der Waals surface area contributed by atoms with E-state index in [0.29, 0.717) is 11.4 Å². The first-order valence-corrected chi connectivity index (χ1v) is 7.86. The maximum absolute atomic E-state index is 12.7. The van der Waals surface area contributed by atoms with Gasteiger partial charge in [-0.05, 0) is 13.8 Å². The molecule has 21 heavy (non-hydrogen) atoms. The smallest absolute Gasteiger partial charge is 0.247 e. The zero-order valence-corrected chi connectivity index (χ0v) is 13.8. The zero-order valence-electron chi connectivity index (χ0n) is 13.0. The molecule has 1 heterocycles. The minimum Gasteiger partial charge on any atom is -0.383 e. The predicted octanol–water partition coefficient (Wildman–Crippen LogP) is -0.248. The number of H-pyrrole nitrogens is 1. The van der Waals surface area contributed by atoms with Gasteiger partial charge in [0.2, 0.25) is 15.9 Å². The predicted molar refractivity (Wildman–Crippen MR) is 77.4 cm³/mol. The van der Waals surface area contributed by atoms with Gasteiger partial charge in [-0.25, -0.2) is 8.42 Å². The summed E-state index contributed by atoms with van der Waals surface area (Å²) in [7, 11) is 0.834.